The molecule has 2 N–H and O–H groups in total. The molecular formula is C49H58ClN7O5S2. The van der Waals surface area contributed by atoms with Gasteiger partial charge >= 0.3 is 0 Å². The molecule has 0 spiro atoms. The molecule has 64 heavy (non-hydrogen) atoms. The second-order valence-corrected chi connectivity index (χ2v) is 19.6. The van der Waals surface area contributed by atoms with Crippen molar-refractivity contribution in [3.63, 3.8) is 0 Å². The Hall–Kier alpha value is -4.96. The van der Waals surface area contributed by atoms with Crippen LogP contribution in [0.5, 0.6) is 0 Å². The van der Waals surface area contributed by atoms with Gasteiger partial charge in [0.15, 0.2) is 0 Å². The Bertz CT molecular complexity index is 2420. The normalized spacial score (nSPS) is 15.8. The third-order valence-electron chi connectivity index (χ3n) is 12.4. The Kier molecular flexibility index (Phi) is 16.4. The number of nitrogens with one attached hydrogen (secondary N) is 2. The summed E-state index contributed by atoms with van der Waals surface area (Å²) in [6.45, 7) is 13.4. The molecule has 2 heterocycles. The van der Waals surface area contributed by atoms with Crippen molar-refractivity contribution in [1.29, 1.82) is 0 Å². The summed E-state index contributed by atoms with van der Waals surface area (Å²) in [5.74, 6) is -0.164. The molecule has 2 aliphatic heterocycles. The molecule has 0 aliphatic carbocycles. The van der Waals surface area contributed by atoms with Crippen LogP contribution < -0.4 is 14.9 Å². The molecule has 0 unspecified atom stereocenters. The lowest BCUT2D eigenvalue weighted by atomic mass is 9.99. The molecule has 1 atom stereocenters. The Labute approximate surface area is 387 Å². The number of carbonyl (C=O) groups is 1. The number of likely N-dealkylation sites (tertiary alicyclic amines) is 1. The summed E-state index contributed by atoms with van der Waals surface area (Å²) < 4.78 is 29.2. The number of anilines is 2. The molecule has 0 radical (unpaired) electrons. The number of halogens is 1. The molecule has 15 heteroatoms. The van der Waals surface area contributed by atoms with Gasteiger partial charge in [0.05, 0.1) is 9.82 Å². The molecule has 0 saturated carbocycles. The summed E-state index contributed by atoms with van der Waals surface area (Å²) in [7, 11) is -4.45. The van der Waals surface area contributed by atoms with Crippen LogP contribution in [-0.4, -0.2) is 111 Å². The predicted octanol–water partition coefficient (Wildman–Crippen LogP) is 9.13. The minimum atomic E-state index is -4.45. The Morgan fingerprint density at radius 3 is 2.19 bits per heavy atom. The Balaban J connectivity index is 0.953. The van der Waals surface area contributed by atoms with Crippen LogP contribution in [0.1, 0.15) is 49.0 Å². The fraction of sp³-hybridized carbons (Fsp3) is 0.367. The molecule has 338 valence electrons. The second-order valence-electron chi connectivity index (χ2n) is 16.4. The summed E-state index contributed by atoms with van der Waals surface area (Å²) in [5.41, 5.74) is 4.51. The number of hydrogen-bond acceptors (Lipinski definition) is 11. The zero-order valence-corrected chi connectivity index (χ0v) is 39.0. The number of thioether (sulfide) groups is 1. The minimum Gasteiger partial charge on any atom is -0.376 e. The van der Waals surface area contributed by atoms with Gasteiger partial charge in [-0.25, -0.2) is 13.1 Å². The van der Waals surface area contributed by atoms with Crippen LogP contribution in [0.4, 0.5) is 17.1 Å². The second kappa shape index (κ2) is 22.3. The Morgan fingerprint density at radius 1 is 0.844 bits per heavy atom. The summed E-state index contributed by atoms with van der Waals surface area (Å²) in [4.78, 5) is 35.6. The number of rotatable bonds is 19. The highest BCUT2D eigenvalue weighted by atomic mass is 35.5. The highest BCUT2D eigenvalue weighted by Crippen LogP contribution is 2.31. The van der Waals surface area contributed by atoms with Crippen molar-refractivity contribution in [2.45, 2.75) is 61.5 Å². The van der Waals surface area contributed by atoms with Crippen LogP contribution in [0.25, 0.3) is 11.1 Å². The number of carbonyl (C=O) groups excluding carboxylic acids is 1. The number of nitro groups is 1. The van der Waals surface area contributed by atoms with Crippen LogP contribution >= 0.6 is 23.4 Å². The van der Waals surface area contributed by atoms with Crippen LogP contribution in [0.15, 0.2) is 131 Å². The Morgan fingerprint density at radius 2 is 1.52 bits per heavy atom. The van der Waals surface area contributed by atoms with Crippen molar-refractivity contribution in [2.24, 2.45) is 0 Å². The summed E-state index contributed by atoms with van der Waals surface area (Å²) in [5, 5.41) is 16.5. The number of amides is 1. The van der Waals surface area contributed by atoms with Crippen LogP contribution in [-0.2, 0) is 16.6 Å². The maximum absolute atomic E-state index is 13.6. The number of hydrogen-bond donors (Lipinski definition) is 2. The molecule has 5 aromatic carbocycles. The van der Waals surface area contributed by atoms with E-state index in [0.29, 0.717) is 16.8 Å². The molecule has 12 nitrogen and oxygen atoms in total. The third-order valence-corrected chi connectivity index (χ3v) is 15.1. The van der Waals surface area contributed by atoms with Crippen molar-refractivity contribution < 1.29 is 18.1 Å². The highest BCUT2D eigenvalue weighted by Gasteiger charge is 2.27. The van der Waals surface area contributed by atoms with Crippen LogP contribution in [0.3, 0.4) is 0 Å². The SMILES string of the molecule is CCN(CC)C1CCN(CC[C@H](CSc2ccccc2)Nc2ccc(S(=O)(=O)NC(=O)c3ccc(N4CCN(Cc5ccccc5-c5ccc(Cl)cc5)CC4)cc3)cc2[N+](=O)[O-])CC1. The zero-order chi connectivity index (χ0) is 45.1. The van der Waals surface area contributed by atoms with Gasteiger partial charge in [-0.15, -0.1) is 11.8 Å². The fourth-order valence-electron chi connectivity index (χ4n) is 8.71. The molecule has 0 aromatic heterocycles. The zero-order valence-electron chi connectivity index (χ0n) is 36.6. The van der Waals surface area contributed by atoms with E-state index >= 15 is 0 Å². The fourth-order valence-corrected chi connectivity index (χ4v) is 10.8. The van der Waals surface area contributed by atoms with E-state index < -0.39 is 20.9 Å². The van der Waals surface area contributed by atoms with Crippen molar-refractivity contribution >= 4 is 56.4 Å². The van der Waals surface area contributed by atoms with E-state index in [4.69, 9.17) is 11.6 Å². The lowest BCUT2D eigenvalue weighted by Gasteiger charge is -2.38. The molecular weight excluding hydrogens is 866 g/mol. The lowest BCUT2D eigenvalue weighted by Crippen LogP contribution is -2.46. The van der Waals surface area contributed by atoms with E-state index in [-0.39, 0.29) is 27.9 Å². The average molecular weight is 925 g/mol. The number of sulfonamides is 1. The van der Waals surface area contributed by atoms with Gasteiger partial charge in [0, 0.05) is 84.3 Å². The molecule has 5 aromatic rings. The largest absolute Gasteiger partial charge is 0.376 e. The highest BCUT2D eigenvalue weighted by molar-refractivity contribution is 7.99. The van der Waals surface area contributed by atoms with E-state index in [0.717, 1.165) is 107 Å². The van der Waals surface area contributed by atoms with E-state index in [1.807, 2.05) is 72.8 Å². The van der Waals surface area contributed by atoms with E-state index in [1.165, 1.54) is 23.3 Å². The summed E-state index contributed by atoms with van der Waals surface area (Å²) in [6, 6.07) is 37.4. The van der Waals surface area contributed by atoms with Gasteiger partial charge in [0.1, 0.15) is 5.69 Å². The van der Waals surface area contributed by atoms with Crippen LogP contribution in [0.2, 0.25) is 5.02 Å². The summed E-state index contributed by atoms with van der Waals surface area (Å²) >= 11 is 7.81. The van der Waals surface area contributed by atoms with E-state index in [9.17, 15) is 23.3 Å². The van der Waals surface area contributed by atoms with Gasteiger partial charge in [-0.05, 0) is 123 Å². The van der Waals surface area contributed by atoms with E-state index in [1.54, 1.807) is 23.9 Å². The number of nitro benzene ring substituents is 1. The number of nitrogens with zero attached hydrogens (tertiary/aromatic N) is 5. The molecule has 1 amide bonds. The average Bonchev–Trinajstić information content (AvgIpc) is 3.31. The maximum atomic E-state index is 13.6. The third kappa shape index (κ3) is 12.4. The van der Waals surface area contributed by atoms with Gasteiger partial charge in [0.25, 0.3) is 21.6 Å². The van der Waals surface area contributed by atoms with Gasteiger partial charge in [-0.1, -0.05) is 80.0 Å². The molecule has 2 saturated heterocycles. The van der Waals surface area contributed by atoms with Gasteiger partial charge < -0.3 is 20.0 Å². The van der Waals surface area contributed by atoms with E-state index in [2.05, 4.69) is 61.7 Å². The standard InChI is InChI=1S/C49H58ClN7O5S2/c1-3-55(4-2)43-25-28-53(29-26-43)27-24-41(36-63-44-11-6-5-7-12-44)51-47-23-22-45(34-48(47)57(59)60)64(61,62)52-49(58)38-16-20-42(21-17-38)56-32-30-54(31-33-56)35-39-10-8-9-13-46(39)37-14-18-40(50)19-15-37/h5-23,34,41,43,51H,3-4,24-33,35-36H2,1-2H3,(H,52,58)/t41-/m1/s1. The first-order chi connectivity index (χ1) is 31.0. The molecule has 2 fully saturated rings. The molecule has 0 bridgehead atoms. The first-order valence-corrected chi connectivity index (χ1v) is 25.0. The van der Waals surface area contributed by atoms with Gasteiger partial charge in [-0.3, -0.25) is 19.8 Å². The first kappa shape index (κ1) is 47.0. The molecule has 7 rings (SSSR count). The minimum absolute atomic E-state index is 0.137. The van der Waals surface area contributed by atoms with Crippen LogP contribution in [0, 0.1) is 10.1 Å². The molecule has 2 aliphatic rings. The topological polar surface area (TPSA) is 131 Å². The first-order valence-electron chi connectivity index (χ1n) is 22.2. The van der Waals surface area contributed by atoms with Gasteiger partial charge in [0.2, 0.25) is 0 Å². The number of piperidine rings is 1. The smallest absolute Gasteiger partial charge is 0.293 e. The monoisotopic (exact) mass is 923 g/mol. The number of benzene rings is 5. The van der Waals surface area contributed by atoms with Crippen molar-refractivity contribution in [3.05, 3.63) is 148 Å². The van der Waals surface area contributed by atoms with Crippen molar-refractivity contribution in [2.75, 3.05) is 74.9 Å². The van der Waals surface area contributed by atoms with Crippen molar-refractivity contribution in [1.82, 2.24) is 19.4 Å². The number of piperazine rings is 1. The van der Waals surface area contributed by atoms with Crippen molar-refractivity contribution in [3.8, 4) is 11.1 Å². The quantitative estimate of drug-likeness (QED) is 0.0467. The predicted molar refractivity (Wildman–Crippen MR) is 260 cm³/mol. The maximum Gasteiger partial charge on any atom is 0.293 e. The van der Waals surface area contributed by atoms with Gasteiger partial charge in [-0.2, -0.15) is 0 Å². The summed E-state index contributed by atoms with van der Waals surface area (Å²) in [6.07, 6.45) is 2.98. The lowest BCUT2D eigenvalue weighted by molar-refractivity contribution is -0.384.